The zero-order valence-electron chi connectivity index (χ0n) is 20.3. The number of fused-ring (bicyclic) bond motifs is 2. The number of thiophene rings is 2. The van der Waals surface area contributed by atoms with Crippen molar-refractivity contribution in [3.05, 3.63) is 31.8 Å². The molecule has 2 aliphatic rings. The molecule has 0 aliphatic heterocycles. The highest BCUT2D eigenvalue weighted by atomic mass is 32.2. The lowest BCUT2D eigenvalue weighted by Crippen LogP contribution is -2.20. The van der Waals surface area contributed by atoms with Gasteiger partial charge in [-0.05, 0) is 75.8 Å². The lowest BCUT2D eigenvalue weighted by Gasteiger charge is -2.18. The lowest BCUT2D eigenvalue weighted by atomic mass is 9.88. The average molecular weight is 530 g/mol. The van der Waals surface area contributed by atoms with E-state index in [1.807, 2.05) is 11.3 Å². The molecule has 3 N–H and O–H groups in total. The van der Waals surface area contributed by atoms with Gasteiger partial charge in [-0.15, -0.1) is 32.9 Å². The predicted octanol–water partition coefficient (Wildman–Crippen LogP) is 5.48. The monoisotopic (exact) mass is 529 g/mol. The van der Waals surface area contributed by atoms with Crippen molar-refractivity contribution in [2.75, 3.05) is 11.1 Å². The number of nitrogens with zero attached hydrogens (tertiary/aromatic N) is 3. The Morgan fingerprint density at radius 3 is 2.77 bits per heavy atom. The molecule has 186 valence electrons. The Morgan fingerprint density at radius 2 is 2.00 bits per heavy atom. The molecule has 3 aromatic heterocycles. The van der Waals surface area contributed by atoms with Crippen molar-refractivity contribution >= 4 is 51.3 Å². The van der Waals surface area contributed by atoms with E-state index in [9.17, 15) is 9.59 Å². The highest BCUT2D eigenvalue weighted by Gasteiger charge is 2.28. The summed E-state index contributed by atoms with van der Waals surface area (Å²) in [5.41, 5.74) is 9.81. The molecule has 0 bridgehead atoms. The number of nitrogens with one attached hydrogen (secondary N) is 1. The van der Waals surface area contributed by atoms with Crippen LogP contribution in [0.15, 0.2) is 10.5 Å². The van der Waals surface area contributed by atoms with E-state index < -0.39 is 5.91 Å². The van der Waals surface area contributed by atoms with Crippen LogP contribution in [0.4, 0.5) is 5.00 Å². The van der Waals surface area contributed by atoms with E-state index in [0.717, 1.165) is 48.6 Å². The second kappa shape index (κ2) is 10.1. The second-order valence-corrected chi connectivity index (χ2v) is 12.8. The van der Waals surface area contributed by atoms with Gasteiger partial charge >= 0.3 is 0 Å². The Bertz CT molecular complexity index is 1270. The summed E-state index contributed by atoms with van der Waals surface area (Å²) in [7, 11) is 0. The quantitative estimate of drug-likeness (QED) is 0.395. The topological polar surface area (TPSA) is 103 Å². The number of hydrogen-bond acceptors (Lipinski definition) is 7. The molecule has 2 amide bonds. The normalized spacial score (nSPS) is 17.3. The van der Waals surface area contributed by atoms with Crippen molar-refractivity contribution in [1.82, 2.24) is 14.8 Å². The maximum Gasteiger partial charge on any atom is 0.251 e. The Balaban J connectivity index is 1.33. The number of aryl methyl sites for hydroxylation is 1. The van der Waals surface area contributed by atoms with Gasteiger partial charge in [-0.1, -0.05) is 18.7 Å². The van der Waals surface area contributed by atoms with Crippen molar-refractivity contribution in [3.63, 3.8) is 0 Å². The van der Waals surface area contributed by atoms with Gasteiger partial charge < -0.3 is 11.1 Å². The van der Waals surface area contributed by atoms with Crippen LogP contribution in [0.5, 0.6) is 0 Å². The maximum atomic E-state index is 12.9. The van der Waals surface area contributed by atoms with Gasteiger partial charge in [0.25, 0.3) is 5.91 Å². The Morgan fingerprint density at radius 1 is 1.20 bits per heavy atom. The Labute approximate surface area is 217 Å². The molecular formula is C25H31N5O2S3. The average Bonchev–Trinajstić information content (AvgIpc) is 3.51. The van der Waals surface area contributed by atoms with Crippen LogP contribution in [0.3, 0.4) is 0 Å². The third-order valence-corrected chi connectivity index (χ3v) is 10.0. The van der Waals surface area contributed by atoms with Gasteiger partial charge in [-0.2, -0.15) is 0 Å². The molecular weight excluding hydrogens is 499 g/mol. The number of hydrogen-bond donors (Lipinski definition) is 2. The van der Waals surface area contributed by atoms with Crippen LogP contribution in [0.2, 0.25) is 0 Å². The fourth-order valence-electron chi connectivity index (χ4n) is 5.10. The number of aromatic nitrogens is 3. The van der Waals surface area contributed by atoms with Crippen molar-refractivity contribution < 1.29 is 9.59 Å². The van der Waals surface area contributed by atoms with Gasteiger partial charge in [0.15, 0.2) is 11.0 Å². The van der Waals surface area contributed by atoms with Gasteiger partial charge in [-0.3, -0.25) is 14.2 Å². The van der Waals surface area contributed by atoms with Crippen LogP contribution in [0.1, 0.15) is 77.3 Å². The number of rotatable bonds is 7. The standard InChI is InChI=1S/C25H31N5O2S3/c1-13(2)30-23(17-11-33-18-7-5-4-6-15(17)18)28-29-25(30)34-12-20(31)27-24-21(22(26)32)16-9-8-14(3)10-19(16)35-24/h11,13-14H,4-10,12H2,1-3H3,(H2,26,32)(H,27,31). The highest BCUT2D eigenvalue weighted by molar-refractivity contribution is 7.99. The summed E-state index contributed by atoms with van der Waals surface area (Å²) >= 11 is 4.69. The molecule has 3 heterocycles. The van der Waals surface area contributed by atoms with Crippen molar-refractivity contribution in [2.24, 2.45) is 11.7 Å². The zero-order chi connectivity index (χ0) is 24.7. The molecule has 1 atom stereocenters. The number of primary amides is 1. The van der Waals surface area contributed by atoms with Crippen LogP contribution in [-0.4, -0.2) is 32.3 Å². The number of carbonyl (C=O) groups is 2. The molecule has 5 rings (SSSR count). The van der Waals surface area contributed by atoms with Crippen LogP contribution in [0, 0.1) is 5.92 Å². The summed E-state index contributed by atoms with van der Waals surface area (Å²) in [6.07, 6.45) is 7.51. The first kappa shape index (κ1) is 24.5. The molecule has 0 spiro atoms. The molecule has 2 aliphatic carbocycles. The Hall–Kier alpha value is -2.17. The fourth-order valence-corrected chi connectivity index (χ4v) is 8.52. The number of amides is 2. The highest BCUT2D eigenvalue weighted by Crippen LogP contribution is 2.40. The van der Waals surface area contributed by atoms with E-state index in [1.54, 1.807) is 0 Å². The molecule has 35 heavy (non-hydrogen) atoms. The molecule has 0 saturated heterocycles. The van der Waals surface area contributed by atoms with Gasteiger partial charge in [0.1, 0.15) is 5.00 Å². The molecule has 0 radical (unpaired) electrons. The van der Waals surface area contributed by atoms with Crippen LogP contribution in [-0.2, 0) is 30.5 Å². The van der Waals surface area contributed by atoms with Crippen molar-refractivity contribution in [2.45, 2.75) is 76.9 Å². The first-order valence-corrected chi connectivity index (χ1v) is 14.9. The van der Waals surface area contributed by atoms with E-state index in [-0.39, 0.29) is 17.7 Å². The van der Waals surface area contributed by atoms with Gasteiger partial charge in [0.2, 0.25) is 5.91 Å². The van der Waals surface area contributed by atoms with Crippen molar-refractivity contribution in [3.8, 4) is 11.4 Å². The SMILES string of the molecule is CC1CCc2c(sc(NC(=O)CSc3nnc(-c4csc5c4CCCC5)n3C(C)C)c2C(N)=O)C1. The number of carbonyl (C=O) groups excluding carboxylic acids is 2. The molecule has 10 heteroatoms. The summed E-state index contributed by atoms with van der Waals surface area (Å²) in [5.74, 6) is 1.01. The summed E-state index contributed by atoms with van der Waals surface area (Å²) in [6, 6.07) is 0.164. The Kier molecular flexibility index (Phi) is 7.05. The van der Waals surface area contributed by atoms with Gasteiger partial charge in [0, 0.05) is 26.7 Å². The molecule has 0 fully saturated rings. The lowest BCUT2D eigenvalue weighted by molar-refractivity contribution is -0.113. The summed E-state index contributed by atoms with van der Waals surface area (Å²) in [5, 5.41) is 15.5. The number of anilines is 1. The molecule has 0 aromatic carbocycles. The maximum absolute atomic E-state index is 12.9. The molecule has 0 saturated carbocycles. The minimum atomic E-state index is -0.469. The second-order valence-electron chi connectivity index (χ2n) is 9.79. The first-order valence-electron chi connectivity index (χ1n) is 12.2. The number of nitrogens with two attached hydrogens (primary N) is 1. The minimum Gasteiger partial charge on any atom is -0.365 e. The van der Waals surface area contributed by atoms with E-state index in [0.29, 0.717) is 16.5 Å². The smallest absolute Gasteiger partial charge is 0.251 e. The van der Waals surface area contributed by atoms with Crippen LogP contribution >= 0.6 is 34.4 Å². The van der Waals surface area contributed by atoms with E-state index in [2.05, 4.69) is 46.2 Å². The first-order chi connectivity index (χ1) is 16.8. The van der Waals surface area contributed by atoms with E-state index in [4.69, 9.17) is 5.73 Å². The molecule has 3 aromatic rings. The van der Waals surface area contributed by atoms with E-state index in [1.165, 1.54) is 56.8 Å². The fraction of sp³-hybridized carbons (Fsp3) is 0.520. The third-order valence-electron chi connectivity index (χ3n) is 6.83. The summed E-state index contributed by atoms with van der Waals surface area (Å²) in [4.78, 5) is 27.7. The van der Waals surface area contributed by atoms with Gasteiger partial charge in [0.05, 0.1) is 11.3 Å². The summed E-state index contributed by atoms with van der Waals surface area (Å²) in [6.45, 7) is 6.45. The third kappa shape index (κ3) is 4.80. The van der Waals surface area contributed by atoms with Crippen molar-refractivity contribution in [1.29, 1.82) is 0 Å². The van der Waals surface area contributed by atoms with E-state index >= 15 is 0 Å². The van der Waals surface area contributed by atoms with Gasteiger partial charge in [-0.25, -0.2) is 0 Å². The van der Waals surface area contributed by atoms with Crippen LogP contribution < -0.4 is 11.1 Å². The molecule has 7 nitrogen and oxygen atoms in total. The largest absolute Gasteiger partial charge is 0.365 e. The van der Waals surface area contributed by atoms with Crippen LogP contribution in [0.25, 0.3) is 11.4 Å². The number of thioether (sulfide) groups is 1. The minimum absolute atomic E-state index is 0.164. The predicted molar refractivity (Wildman–Crippen MR) is 144 cm³/mol. The summed E-state index contributed by atoms with van der Waals surface area (Å²) < 4.78 is 2.13. The molecule has 1 unspecified atom stereocenters. The zero-order valence-corrected chi connectivity index (χ0v) is 22.8.